The van der Waals surface area contributed by atoms with E-state index >= 15 is 0 Å². The van der Waals surface area contributed by atoms with Gasteiger partial charge in [0.2, 0.25) is 4.80 Å². The Labute approximate surface area is 97.5 Å². The number of nitrogens with two attached hydrogens (primary N) is 1. The second-order valence-electron chi connectivity index (χ2n) is 2.99. The number of aryl methyl sites for hydroxylation is 1. The van der Waals surface area contributed by atoms with Gasteiger partial charge in [0.25, 0.3) is 0 Å². The molecule has 6 nitrogen and oxygen atoms in total. The first kappa shape index (κ1) is 11.1. The lowest BCUT2D eigenvalue weighted by Crippen LogP contribution is -2.12. The Bertz CT molecular complexity index is 617. The zero-order valence-corrected chi connectivity index (χ0v) is 9.88. The van der Waals surface area contributed by atoms with Crippen LogP contribution in [0.1, 0.15) is 0 Å². The van der Waals surface area contributed by atoms with Crippen LogP contribution in [0.15, 0.2) is 23.3 Å². The van der Waals surface area contributed by atoms with Crippen LogP contribution in [0.25, 0.3) is 10.2 Å². The highest BCUT2D eigenvalue weighted by atomic mass is 32.2. The highest BCUT2D eigenvalue weighted by Gasteiger charge is 2.04. The molecule has 1 aromatic carbocycles. The van der Waals surface area contributed by atoms with Gasteiger partial charge in [-0.1, -0.05) is 11.3 Å². The number of thiazole rings is 1. The Morgan fingerprint density at radius 2 is 2.38 bits per heavy atom. The Balaban J connectivity index is 2.59. The number of aromatic nitrogens is 1. The fourth-order valence-corrected chi connectivity index (χ4v) is 2.60. The van der Waals surface area contributed by atoms with Crippen molar-refractivity contribution >= 4 is 32.9 Å². The topological polar surface area (TPSA) is 92.7 Å². The van der Waals surface area contributed by atoms with Gasteiger partial charge in [0.1, 0.15) is 17.1 Å². The number of rotatable bonds is 2. The molecule has 16 heavy (non-hydrogen) atoms. The Hall–Kier alpha value is -1.38. The molecule has 1 unspecified atom stereocenters. The first-order valence-corrected chi connectivity index (χ1v) is 6.04. The molecule has 86 valence electrons. The fraction of sp³-hybridized carbons (Fsp3) is 0.125. The largest absolute Gasteiger partial charge is 0.740 e. The number of benzene rings is 1. The third-order valence-electron chi connectivity index (χ3n) is 2.06. The lowest BCUT2D eigenvalue weighted by atomic mass is 10.3. The Morgan fingerprint density at radius 3 is 3.00 bits per heavy atom. The van der Waals surface area contributed by atoms with Gasteiger partial charge >= 0.3 is 0 Å². The van der Waals surface area contributed by atoms with Crippen molar-refractivity contribution in [3.05, 3.63) is 23.0 Å². The third-order valence-corrected chi connectivity index (χ3v) is 3.49. The van der Waals surface area contributed by atoms with Gasteiger partial charge in [-0.3, -0.25) is 0 Å². The molecule has 1 aromatic heterocycles. The highest BCUT2D eigenvalue weighted by molar-refractivity contribution is 7.74. The van der Waals surface area contributed by atoms with E-state index in [1.165, 1.54) is 11.3 Å². The summed E-state index contributed by atoms with van der Waals surface area (Å²) in [7, 11) is 1.83. The minimum absolute atomic E-state index is 0.270. The van der Waals surface area contributed by atoms with Crippen LogP contribution in [0.3, 0.4) is 0 Å². The van der Waals surface area contributed by atoms with Gasteiger partial charge in [0, 0.05) is 13.1 Å². The molecule has 0 amide bonds. The number of hydrogen-bond donors (Lipinski definition) is 1. The van der Waals surface area contributed by atoms with Crippen molar-refractivity contribution in [2.75, 3.05) is 0 Å². The Kier molecular flexibility index (Phi) is 2.95. The molecule has 0 bridgehead atoms. The van der Waals surface area contributed by atoms with Crippen LogP contribution in [0.5, 0.6) is 5.75 Å². The summed E-state index contributed by atoms with van der Waals surface area (Å²) in [6, 6.07) is 4.96. The van der Waals surface area contributed by atoms with Crippen LogP contribution >= 0.6 is 11.3 Å². The van der Waals surface area contributed by atoms with E-state index in [0.717, 1.165) is 10.2 Å². The summed E-state index contributed by atoms with van der Waals surface area (Å²) in [5.74, 6) is 5.49. The van der Waals surface area contributed by atoms with E-state index in [1.54, 1.807) is 18.2 Å². The normalized spacial score (nSPS) is 14.2. The zero-order chi connectivity index (χ0) is 11.7. The predicted octanol–water partition coefficient (Wildman–Crippen LogP) is 0.187. The van der Waals surface area contributed by atoms with Crippen molar-refractivity contribution in [1.82, 2.24) is 4.57 Å². The molecule has 8 heteroatoms. The van der Waals surface area contributed by atoms with Crippen molar-refractivity contribution < 1.29 is 12.9 Å². The van der Waals surface area contributed by atoms with Gasteiger partial charge in [-0.15, -0.1) is 0 Å². The van der Waals surface area contributed by atoms with Gasteiger partial charge < -0.3 is 19.1 Å². The van der Waals surface area contributed by atoms with Crippen LogP contribution in [0.4, 0.5) is 0 Å². The van der Waals surface area contributed by atoms with Crippen molar-refractivity contribution in [3.63, 3.8) is 0 Å². The molecule has 0 saturated heterocycles. The van der Waals surface area contributed by atoms with Crippen molar-refractivity contribution in [3.8, 4) is 5.75 Å². The minimum Gasteiger partial charge on any atom is -0.740 e. The first-order valence-electron chi connectivity index (χ1n) is 4.23. The smallest absolute Gasteiger partial charge is 0.208 e. The third kappa shape index (κ3) is 1.94. The zero-order valence-electron chi connectivity index (χ0n) is 8.25. The maximum atomic E-state index is 10.4. The summed E-state index contributed by atoms with van der Waals surface area (Å²) in [6.07, 6.45) is 0. The maximum absolute atomic E-state index is 10.4. The summed E-state index contributed by atoms with van der Waals surface area (Å²) in [6.45, 7) is 0. The molecule has 2 aromatic rings. The van der Waals surface area contributed by atoms with Gasteiger partial charge in [-0.25, -0.2) is 4.21 Å². The molecule has 0 aliphatic carbocycles. The molecule has 0 radical (unpaired) electrons. The quantitative estimate of drug-likeness (QED) is 0.472. The lowest BCUT2D eigenvalue weighted by Gasteiger charge is -2.06. The molecular formula is C8H8N3O3S2-. The molecule has 1 heterocycles. The van der Waals surface area contributed by atoms with E-state index in [0.29, 0.717) is 4.80 Å². The number of fused-ring (bicyclic) bond motifs is 1. The predicted molar refractivity (Wildman–Crippen MR) is 60.1 cm³/mol. The summed E-state index contributed by atoms with van der Waals surface area (Å²) in [5.41, 5.74) is 0.915. The van der Waals surface area contributed by atoms with E-state index < -0.39 is 11.4 Å². The summed E-state index contributed by atoms with van der Waals surface area (Å²) in [5, 5.41) is 3.62. The van der Waals surface area contributed by atoms with Crippen LogP contribution in [0.2, 0.25) is 0 Å². The molecule has 2 rings (SSSR count). The van der Waals surface area contributed by atoms with Crippen LogP contribution in [0, 0.1) is 0 Å². The van der Waals surface area contributed by atoms with E-state index in [1.807, 2.05) is 11.6 Å². The van der Waals surface area contributed by atoms with Crippen LogP contribution < -0.4 is 14.8 Å². The van der Waals surface area contributed by atoms with E-state index in [-0.39, 0.29) is 5.75 Å². The molecule has 2 N–H and O–H groups in total. The van der Waals surface area contributed by atoms with E-state index in [4.69, 9.17) is 5.84 Å². The second-order valence-corrected chi connectivity index (χ2v) is 4.57. The SMILES string of the molecule is Cn1c(=NN)sc2cc(OS(=O)[O-])ccc21. The summed E-state index contributed by atoms with van der Waals surface area (Å²) in [4.78, 5) is 0.649. The fourth-order valence-electron chi connectivity index (χ4n) is 1.37. The number of nitrogens with zero attached hydrogens (tertiary/aromatic N) is 2. The standard InChI is InChI=1S/C8H9N3O3S2/c1-11-6-3-2-5(14-16(12)13)4-7(6)15-8(11)10-9/h2-4H,9H2,1H3,(H,12,13)/p-1. The van der Waals surface area contributed by atoms with Gasteiger partial charge in [0.05, 0.1) is 10.2 Å². The van der Waals surface area contributed by atoms with Gasteiger partial charge in [-0.2, -0.15) is 5.10 Å². The van der Waals surface area contributed by atoms with Gasteiger partial charge in [0.15, 0.2) is 0 Å². The number of hydrogen-bond acceptors (Lipinski definition) is 6. The van der Waals surface area contributed by atoms with Gasteiger partial charge in [-0.05, 0) is 12.1 Å². The summed E-state index contributed by atoms with van der Waals surface area (Å²) < 4.78 is 28.0. The average Bonchev–Trinajstić information content (AvgIpc) is 2.54. The summed E-state index contributed by atoms with van der Waals surface area (Å²) >= 11 is -1.20. The molecule has 0 aliphatic rings. The molecular weight excluding hydrogens is 250 g/mol. The molecule has 0 saturated carbocycles. The van der Waals surface area contributed by atoms with E-state index in [2.05, 4.69) is 9.28 Å². The maximum Gasteiger partial charge on any atom is 0.208 e. The lowest BCUT2D eigenvalue weighted by molar-refractivity contribution is 0.440. The molecule has 0 spiro atoms. The monoisotopic (exact) mass is 258 g/mol. The highest BCUT2D eigenvalue weighted by Crippen LogP contribution is 2.22. The van der Waals surface area contributed by atoms with Crippen molar-refractivity contribution in [2.24, 2.45) is 18.0 Å². The van der Waals surface area contributed by atoms with Crippen molar-refractivity contribution in [1.29, 1.82) is 0 Å². The minimum atomic E-state index is -2.56. The Morgan fingerprint density at radius 1 is 1.62 bits per heavy atom. The average molecular weight is 258 g/mol. The molecule has 0 fully saturated rings. The van der Waals surface area contributed by atoms with Crippen molar-refractivity contribution in [2.45, 2.75) is 0 Å². The first-order chi connectivity index (χ1) is 7.61. The van der Waals surface area contributed by atoms with E-state index in [9.17, 15) is 8.76 Å². The van der Waals surface area contributed by atoms with Crippen LogP contribution in [-0.4, -0.2) is 13.3 Å². The van der Waals surface area contributed by atoms with Crippen LogP contribution in [-0.2, 0) is 18.4 Å². The molecule has 0 aliphatic heterocycles. The molecule has 1 atom stereocenters. The second kappa shape index (κ2) is 4.24.